The number of carbonyl (C=O) groups excluding carboxylic acids is 1. The van der Waals surface area contributed by atoms with Crippen molar-refractivity contribution in [1.29, 1.82) is 0 Å². The molecule has 0 unspecified atom stereocenters. The number of nitrogens with one attached hydrogen (secondary N) is 1. The van der Waals surface area contributed by atoms with Crippen LogP contribution in [0.1, 0.15) is 21.7 Å². The molecule has 0 spiro atoms. The molecular formula is C17H13BrN2O2. The molecule has 0 aliphatic heterocycles. The van der Waals surface area contributed by atoms with E-state index in [1.54, 1.807) is 31.2 Å². The van der Waals surface area contributed by atoms with Gasteiger partial charge in [-0.15, -0.1) is 0 Å². The van der Waals surface area contributed by atoms with Crippen LogP contribution in [0, 0.1) is 6.92 Å². The Bertz CT molecular complexity index is 931. The summed E-state index contributed by atoms with van der Waals surface area (Å²) in [5.41, 5.74) is 2.01. The normalized spacial score (nSPS) is 10.8. The Kier molecular flexibility index (Phi) is 3.90. The van der Waals surface area contributed by atoms with Crippen molar-refractivity contribution >= 4 is 32.6 Å². The highest BCUT2D eigenvalue weighted by atomic mass is 79.9. The van der Waals surface area contributed by atoms with Crippen LogP contribution in [0.2, 0.25) is 0 Å². The van der Waals surface area contributed by atoms with E-state index in [1.165, 1.54) is 0 Å². The van der Waals surface area contributed by atoms with Gasteiger partial charge in [0.2, 0.25) is 0 Å². The van der Waals surface area contributed by atoms with Gasteiger partial charge in [-0.05, 0) is 47.1 Å². The van der Waals surface area contributed by atoms with Gasteiger partial charge in [0.1, 0.15) is 4.60 Å². The molecule has 2 aromatic heterocycles. The predicted molar refractivity (Wildman–Crippen MR) is 89.3 cm³/mol. The number of H-pyrrole nitrogens is 1. The number of pyridine rings is 2. The van der Waals surface area contributed by atoms with Crippen molar-refractivity contribution in [3.05, 3.63) is 74.2 Å². The average molecular weight is 357 g/mol. The van der Waals surface area contributed by atoms with E-state index >= 15 is 0 Å². The lowest BCUT2D eigenvalue weighted by Gasteiger charge is -2.07. The summed E-state index contributed by atoms with van der Waals surface area (Å²) in [7, 11) is 0. The first kappa shape index (κ1) is 14.7. The van der Waals surface area contributed by atoms with Crippen molar-refractivity contribution in [3.63, 3.8) is 0 Å². The first-order valence-corrected chi connectivity index (χ1v) is 7.62. The van der Waals surface area contributed by atoms with Crippen molar-refractivity contribution in [3.8, 4) is 0 Å². The van der Waals surface area contributed by atoms with E-state index < -0.39 is 0 Å². The first-order valence-electron chi connectivity index (χ1n) is 6.82. The lowest BCUT2D eigenvalue weighted by molar-refractivity contribution is 0.0987. The number of rotatable bonds is 3. The summed E-state index contributed by atoms with van der Waals surface area (Å²) in [4.78, 5) is 32.2. The molecule has 2 heterocycles. The summed E-state index contributed by atoms with van der Waals surface area (Å²) in [6.07, 6.45) is 0.147. The van der Waals surface area contributed by atoms with Crippen molar-refractivity contribution in [2.75, 3.05) is 0 Å². The van der Waals surface area contributed by atoms with Gasteiger partial charge in [-0.2, -0.15) is 0 Å². The molecule has 0 saturated heterocycles. The largest absolute Gasteiger partial charge is 0.352 e. The van der Waals surface area contributed by atoms with Gasteiger partial charge >= 0.3 is 0 Å². The van der Waals surface area contributed by atoms with Gasteiger partial charge < -0.3 is 4.98 Å². The van der Waals surface area contributed by atoms with Crippen LogP contribution in [0.5, 0.6) is 0 Å². The Morgan fingerprint density at radius 2 is 1.95 bits per heavy atom. The predicted octanol–water partition coefficient (Wildman–Crippen LogP) is 3.42. The highest BCUT2D eigenvalue weighted by molar-refractivity contribution is 9.10. The molecular weight excluding hydrogens is 344 g/mol. The maximum absolute atomic E-state index is 12.5. The van der Waals surface area contributed by atoms with E-state index in [-0.39, 0.29) is 17.6 Å². The summed E-state index contributed by atoms with van der Waals surface area (Å²) in [5, 5.41) is 0.595. The van der Waals surface area contributed by atoms with Gasteiger partial charge in [-0.1, -0.05) is 18.2 Å². The van der Waals surface area contributed by atoms with Crippen molar-refractivity contribution in [1.82, 2.24) is 9.97 Å². The molecule has 3 rings (SSSR count). The molecule has 1 aromatic carbocycles. The third kappa shape index (κ3) is 2.72. The number of benzene rings is 1. The van der Waals surface area contributed by atoms with E-state index in [0.717, 1.165) is 0 Å². The van der Waals surface area contributed by atoms with Crippen LogP contribution in [0.4, 0.5) is 0 Å². The lowest BCUT2D eigenvalue weighted by atomic mass is 10.0. The van der Waals surface area contributed by atoms with Gasteiger partial charge in [0.25, 0.3) is 0 Å². The molecule has 1 N–H and O–H groups in total. The Morgan fingerprint density at radius 3 is 2.73 bits per heavy atom. The van der Waals surface area contributed by atoms with Crippen LogP contribution < -0.4 is 5.43 Å². The molecule has 0 radical (unpaired) electrons. The second-order valence-corrected chi connectivity index (χ2v) is 5.86. The molecule has 3 aromatic rings. The molecule has 0 bridgehead atoms. The number of carbonyl (C=O) groups is 1. The molecule has 0 fully saturated rings. The third-order valence-electron chi connectivity index (χ3n) is 3.54. The Hall–Kier alpha value is -2.27. The van der Waals surface area contributed by atoms with Gasteiger partial charge in [0.15, 0.2) is 11.2 Å². The van der Waals surface area contributed by atoms with Crippen molar-refractivity contribution in [2.45, 2.75) is 13.3 Å². The van der Waals surface area contributed by atoms with E-state index in [0.29, 0.717) is 32.5 Å². The summed E-state index contributed by atoms with van der Waals surface area (Å²) in [6, 6.07) is 12.6. The Labute approximate surface area is 135 Å². The fourth-order valence-electron chi connectivity index (χ4n) is 2.41. The fourth-order valence-corrected chi connectivity index (χ4v) is 2.79. The number of nitrogens with zero attached hydrogens (tertiary/aromatic N) is 1. The smallest absolute Gasteiger partial charge is 0.193 e. The average Bonchev–Trinajstić information content (AvgIpc) is 2.51. The molecule has 4 nitrogen and oxygen atoms in total. The van der Waals surface area contributed by atoms with Gasteiger partial charge in [0.05, 0.1) is 12.1 Å². The number of aromatic nitrogens is 2. The molecule has 0 aliphatic carbocycles. The first-order chi connectivity index (χ1) is 10.6. The zero-order chi connectivity index (χ0) is 15.7. The number of hydrogen-bond acceptors (Lipinski definition) is 3. The van der Waals surface area contributed by atoms with Gasteiger partial charge in [-0.3, -0.25) is 9.59 Å². The summed E-state index contributed by atoms with van der Waals surface area (Å²) < 4.78 is 0.682. The minimum Gasteiger partial charge on any atom is -0.352 e. The topological polar surface area (TPSA) is 62.8 Å². The third-order valence-corrected chi connectivity index (χ3v) is 3.98. The highest BCUT2D eigenvalue weighted by Crippen LogP contribution is 2.14. The van der Waals surface area contributed by atoms with Crippen LogP contribution in [-0.4, -0.2) is 15.8 Å². The number of aromatic amines is 1. The number of hydrogen-bond donors (Lipinski definition) is 1. The highest BCUT2D eigenvalue weighted by Gasteiger charge is 2.15. The minimum absolute atomic E-state index is 0.111. The second kappa shape index (κ2) is 5.85. The molecule has 5 heteroatoms. The van der Waals surface area contributed by atoms with E-state index in [1.807, 2.05) is 18.2 Å². The second-order valence-electron chi connectivity index (χ2n) is 5.05. The molecule has 0 amide bonds. The van der Waals surface area contributed by atoms with Gasteiger partial charge in [0, 0.05) is 22.2 Å². The van der Waals surface area contributed by atoms with Crippen LogP contribution >= 0.6 is 15.9 Å². The molecule has 22 heavy (non-hydrogen) atoms. The van der Waals surface area contributed by atoms with Crippen molar-refractivity contribution in [2.24, 2.45) is 0 Å². The SMILES string of the molecule is Cc1c(C(=O)Cc2cccc(Br)n2)[nH]c2ccccc2c1=O. The van der Waals surface area contributed by atoms with E-state index in [4.69, 9.17) is 0 Å². The number of Topliss-reactive ketones (excluding diaryl/α,β-unsaturated/α-hetero) is 1. The number of fused-ring (bicyclic) bond motifs is 1. The molecule has 0 aliphatic rings. The molecule has 0 atom stereocenters. The monoisotopic (exact) mass is 356 g/mol. The number of halogens is 1. The Morgan fingerprint density at radius 1 is 1.18 bits per heavy atom. The molecule has 110 valence electrons. The zero-order valence-corrected chi connectivity index (χ0v) is 13.5. The minimum atomic E-state index is -0.147. The van der Waals surface area contributed by atoms with Crippen LogP contribution in [0.25, 0.3) is 10.9 Å². The van der Waals surface area contributed by atoms with E-state index in [2.05, 4.69) is 25.9 Å². The standard InChI is InChI=1S/C17H13BrN2O2/c1-10-16(14(21)9-11-5-4-8-15(18)19-11)20-13-7-3-2-6-12(13)17(10)22/h2-8H,9H2,1H3,(H,20,22). The summed E-state index contributed by atoms with van der Waals surface area (Å²) in [5.74, 6) is -0.147. The fraction of sp³-hybridized carbons (Fsp3) is 0.118. The lowest BCUT2D eigenvalue weighted by Crippen LogP contribution is -2.17. The summed E-state index contributed by atoms with van der Waals surface area (Å²) >= 11 is 3.29. The quantitative estimate of drug-likeness (QED) is 0.577. The van der Waals surface area contributed by atoms with Crippen molar-refractivity contribution < 1.29 is 4.79 Å². The van der Waals surface area contributed by atoms with Crippen LogP contribution in [0.15, 0.2) is 51.9 Å². The van der Waals surface area contributed by atoms with E-state index in [9.17, 15) is 9.59 Å². The summed E-state index contributed by atoms with van der Waals surface area (Å²) in [6.45, 7) is 1.67. The molecule has 0 saturated carbocycles. The maximum Gasteiger partial charge on any atom is 0.193 e. The van der Waals surface area contributed by atoms with Gasteiger partial charge in [-0.25, -0.2) is 4.98 Å². The Balaban J connectivity index is 2.04. The zero-order valence-electron chi connectivity index (χ0n) is 11.9. The maximum atomic E-state index is 12.5. The van der Waals surface area contributed by atoms with Crippen LogP contribution in [-0.2, 0) is 6.42 Å². The van der Waals surface area contributed by atoms with Crippen LogP contribution in [0.3, 0.4) is 0 Å². The number of para-hydroxylation sites is 1. The number of ketones is 1.